The van der Waals surface area contributed by atoms with E-state index in [0.29, 0.717) is 0 Å². The highest BCUT2D eigenvalue weighted by Gasteiger charge is 2.35. The van der Waals surface area contributed by atoms with E-state index >= 15 is 0 Å². The van der Waals surface area contributed by atoms with E-state index in [1.54, 1.807) is 18.2 Å². The number of carbonyl (C=O) groups is 2. The minimum Gasteiger partial charge on any atom is -0.369 e. The number of rotatable bonds is 3. The summed E-state index contributed by atoms with van der Waals surface area (Å²) in [5.74, 6) is -1.00. The molecule has 0 unspecified atom stereocenters. The molecule has 0 aliphatic carbocycles. The molecule has 1 heterocycles. The summed E-state index contributed by atoms with van der Waals surface area (Å²) in [6.07, 6.45) is 1.50. The second-order valence-corrected chi connectivity index (χ2v) is 3.53. The van der Waals surface area contributed by atoms with Gasteiger partial charge in [-0.3, -0.25) is 14.6 Å². The third-order valence-electron chi connectivity index (χ3n) is 2.08. The molecule has 0 fully saturated rings. The molecule has 4 nitrogen and oxygen atoms in total. The van der Waals surface area contributed by atoms with Crippen LogP contribution in [0.3, 0.4) is 0 Å². The Balaban J connectivity index is 3.03. The molecule has 0 radical (unpaired) electrons. The predicted octanol–water partition coefficient (Wildman–Crippen LogP) is 0.776. The summed E-state index contributed by atoms with van der Waals surface area (Å²) in [6.45, 7) is 2.98. The average Bonchev–Trinajstić information content (AvgIpc) is 2.17. The van der Waals surface area contributed by atoms with Gasteiger partial charge in [0.05, 0.1) is 0 Å². The van der Waals surface area contributed by atoms with Crippen molar-refractivity contribution in [3.05, 3.63) is 30.1 Å². The standard InChI is InChI=1S/C10H12N2O2/c1-10(2,9(11)14)8(13)7-5-3-4-6-12-7/h3-6H,1-2H3,(H2,11,14). The average molecular weight is 192 g/mol. The van der Waals surface area contributed by atoms with Crippen molar-refractivity contribution in [2.75, 3.05) is 0 Å². The molecule has 0 saturated carbocycles. The number of ketones is 1. The van der Waals surface area contributed by atoms with Crippen LogP contribution in [0.4, 0.5) is 0 Å². The van der Waals surface area contributed by atoms with Crippen molar-refractivity contribution in [3.63, 3.8) is 0 Å². The van der Waals surface area contributed by atoms with Crippen LogP contribution in [0.2, 0.25) is 0 Å². The Bertz CT molecular complexity index is 358. The number of carbonyl (C=O) groups excluding carboxylic acids is 2. The van der Waals surface area contributed by atoms with Crippen LogP contribution in [0.15, 0.2) is 24.4 Å². The lowest BCUT2D eigenvalue weighted by Gasteiger charge is -2.17. The smallest absolute Gasteiger partial charge is 0.230 e. The number of Topliss-reactive ketones (excluding diaryl/α,β-unsaturated/α-hetero) is 1. The van der Waals surface area contributed by atoms with Crippen LogP contribution >= 0.6 is 0 Å². The van der Waals surface area contributed by atoms with E-state index in [4.69, 9.17) is 5.73 Å². The van der Waals surface area contributed by atoms with Crippen molar-refractivity contribution in [2.24, 2.45) is 11.1 Å². The van der Waals surface area contributed by atoms with Gasteiger partial charge in [0.2, 0.25) is 5.91 Å². The lowest BCUT2D eigenvalue weighted by atomic mass is 9.85. The van der Waals surface area contributed by atoms with Crippen LogP contribution in [-0.4, -0.2) is 16.7 Å². The highest BCUT2D eigenvalue weighted by molar-refractivity contribution is 6.11. The molecule has 1 aromatic rings. The zero-order valence-corrected chi connectivity index (χ0v) is 8.15. The molecule has 0 saturated heterocycles. The van der Waals surface area contributed by atoms with Gasteiger partial charge in [-0.05, 0) is 26.0 Å². The first-order chi connectivity index (χ1) is 6.46. The molecule has 14 heavy (non-hydrogen) atoms. The predicted molar refractivity (Wildman–Crippen MR) is 51.5 cm³/mol. The maximum atomic E-state index is 11.7. The highest BCUT2D eigenvalue weighted by Crippen LogP contribution is 2.19. The molecule has 2 N–H and O–H groups in total. The van der Waals surface area contributed by atoms with Gasteiger partial charge in [-0.1, -0.05) is 6.07 Å². The Morgan fingerprint density at radius 1 is 1.36 bits per heavy atom. The molecule has 1 rings (SSSR count). The summed E-state index contributed by atoms with van der Waals surface area (Å²) in [5, 5.41) is 0. The first kappa shape index (κ1) is 10.4. The number of hydrogen-bond acceptors (Lipinski definition) is 3. The summed E-state index contributed by atoms with van der Waals surface area (Å²) in [5.41, 5.74) is 4.18. The summed E-state index contributed by atoms with van der Waals surface area (Å²) in [7, 11) is 0. The van der Waals surface area contributed by atoms with Crippen LogP contribution < -0.4 is 5.73 Å². The second-order valence-electron chi connectivity index (χ2n) is 3.53. The largest absolute Gasteiger partial charge is 0.369 e. The van der Waals surface area contributed by atoms with Crippen molar-refractivity contribution in [1.29, 1.82) is 0 Å². The SMILES string of the molecule is CC(C)(C(N)=O)C(=O)c1ccccn1. The Morgan fingerprint density at radius 2 is 2.00 bits per heavy atom. The van der Waals surface area contributed by atoms with Gasteiger partial charge in [-0.15, -0.1) is 0 Å². The Kier molecular flexibility index (Phi) is 2.65. The van der Waals surface area contributed by atoms with Crippen molar-refractivity contribution in [2.45, 2.75) is 13.8 Å². The van der Waals surface area contributed by atoms with Crippen LogP contribution in [0, 0.1) is 5.41 Å². The molecule has 0 aromatic carbocycles. The van der Waals surface area contributed by atoms with E-state index in [9.17, 15) is 9.59 Å². The minimum atomic E-state index is -1.20. The summed E-state index contributed by atoms with van der Waals surface area (Å²) >= 11 is 0. The van der Waals surface area contributed by atoms with Crippen molar-refractivity contribution in [3.8, 4) is 0 Å². The molecular weight excluding hydrogens is 180 g/mol. The van der Waals surface area contributed by atoms with Crippen LogP contribution in [0.5, 0.6) is 0 Å². The number of aromatic nitrogens is 1. The van der Waals surface area contributed by atoms with E-state index in [2.05, 4.69) is 4.98 Å². The number of primary amides is 1. The fourth-order valence-corrected chi connectivity index (χ4v) is 0.929. The molecular formula is C10H12N2O2. The summed E-state index contributed by atoms with van der Waals surface area (Å²) < 4.78 is 0. The molecule has 0 spiro atoms. The maximum Gasteiger partial charge on any atom is 0.230 e. The maximum absolute atomic E-state index is 11.7. The van der Waals surface area contributed by atoms with Crippen molar-refractivity contribution in [1.82, 2.24) is 4.98 Å². The van der Waals surface area contributed by atoms with E-state index in [1.807, 2.05) is 0 Å². The monoisotopic (exact) mass is 192 g/mol. The summed E-state index contributed by atoms with van der Waals surface area (Å²) in [4.78, 5) is 26.6. The first-order valence-corrected chi connectivity index (χ1v) is 4.22. The molecule has 74 valence electrons. The molecule has 0 atom stereocenters. The van der Waals surface area contributed by atoms with Gasteiger partial charge in [0.1, 0.15) is 11.1 Å². The Hall–Kier alpha value is -1.71. The van der Waals surface area contributed by atoms with E-state index < -0.39 is 11.3 Å². The Labute approximate surface area is 82.1 Å². The van der Waals surface area contributed by atoms with E-state index in [-0.39, 0.29) is 11.5 Å². The second kappa shape index (κ2) is 3.57. The fraction of sp³-hybridized carbons (Fsp3) is 0.300. The number of pyridine rings is 1. The lowest BCUT2D eigenvalue weighted by molar-refractivity contribution is -0.123. The van der Waals surface area contributed by atoms with Crippen LogP contribution in [0.25, 0.3) is 0 Å². The van der Waals surface area contributed by atoms with Gasteiger partial charge in [-0.25, -0.2) is 0 Å². The molecule has 1 aromatic heterocycles. The van der Waals surface area contributed by atoms with Gasteiger partial charge in [-0.2, -0.15) is 0 Å². The van der Waals surface area contributed by atoms with Crippen molar-refractivity contribution >= 4 is 11.7 Å². The zero-order chi connectivity index (χ0) is 10.8. The number of nitrogens with two attached hydrogens (primary N) is 1. The highest BCUT2D eigenvalue weighted by atomic mass is 16.2. The fourth-order valence-electron chi connectivity index (χ4n) is 0.929. The van der Waals surface area contributed by atoms with Crippen LogP contribution in [0.1, 0.15) is 24.3 Å². The molecule has 1 amide bonds. The van der Waals surface area contributed by atoms with Gasteiger partial charge < -0.3 is 5.73 Å². The quantitative estimate of drug-likeness (QED) is 0.568. The van der Waals surface area contributed by atoms with Crippen molar-refractivity contribution < 1.29 is 9.59 Å². The Morgan fingerprint density at radius 3 is 2.43 bits per heavy atom. The van der Waals surface area contributed by atoms with Gasteiger partial charge in [0, 0.05) is 6.20 Å². The minimum absolute atomic E-state index is 0.260. The van der Waals surface area contributed by atoms with E-state index in [1.165, 1.54) is 20.0 Å². The molecule has 0 aliphatic rings. The van der Waals surface area contributed by atoms with Gasteiger partial charge in [0.15, 0.2) is 5.78 Å². The third-order valence-corrected chi connectivity index (χ3v) is 2.08. The zero-order valence-electron chi connectivity index (χ0n) is 8.15. The topological polar surface area (TPSA) is 73.1 Å². The molecule has 0 bridgehead atoms. The summed E-state index contributed by atoms with van der Waals surface area (Å²) in [6, 6.07) is 4.96. The number of nitrogens with zero attached hydrogens (tertiary/aromatic N) is 1. The number of hydrogen-bond donors (Lipinski definition) is 1. The molecule has 4 heteroatoms. The normalized spacial score (nSPS) is 11.0. The third kappa shape index (κ3) is 1.79. The van der Waals surface area contributed by atoms with E-state index in [0.717, 1.165) is 0 Å². The van der Waals surface area contributed by atoms with Gasteiger partial charge in [0.25, 0.3) is 0 Å². The number of amides is 1. The lowest BCUT2D eigenvalue weighted by Crippen LogP contribution is -2.39. The van der Waals surface area contributed by atoms with Crippen LogP contribution in [-0.2, 0) is 4.79 Å². The van der Waals surface area contributed by atoms with Gasteiger partial charge >= 0.3 is 0 Å². The first-order valence-electron chi connectivity index (χ1n) is 4.22. The molecule has 0 aliphatic heterocycles.